The van der Waals surface area contributed by atoms with Gasteiger partial charge in [0.15, 0.2) is 6.61 Å². The van der Waals surface area contributed by atoms with E-state index in [1.807, 2.05) is 61.5 Å². The lowest BCUT2D eigenvalue weighted by atomic mass is 10.1. The number of amides is 1. The Morgan fingerprint density at radius 1 is 1.04 bits per heavy atom. The topological polar surface area (TPSA) is 55.4 Å². The molecule has 0 aromatic heterocycles. The van der Waals surface area contributed by atoms with Gasteiger partial charge in [-0.2, -0.15) is 0 Å². The van der Waals surface area contributed by atoms with E-state index in [-0.39, 0.29) is 24.2 Å². The fourth-order valence-electron chi connectivity index (χ4n) is 2.08. The second kappa shape index (κ2) is 9.78. The summed E-state index contributed by atoms with van der Waals surface area (Å²) < 4.78 is 5.00. The molecule has 0 aliphatic carbocycles. The molecule has 2 rings (SSSR count). The van der Waals surface area contributed by atoms with Crippen LogP contribution in [-0.2, 0) is 20.7 Å². The quantitative estimate of drug-likeness (QED) is 0.591. The predicted octanol–water partition coefficient (Wildman–Crippen LogP) is 2.99. The summed E-state index contributed by atoms with van der Waals surface area (Å²) in [6, 6.07) is 17.7. The van der Waals surface area contributed by atoms with Crippen LogP contribution in [0.25, 0.3) is 0 Å². The SMILES string of the molecule is Cc1ccccc1SCC(=O)OCC(=O)NCCc1ccccc1. The Hall–Kier alpha value is -2.27. The van der Waals surface area contributed by atoms with Gasteiger partial charge < -0.3 is 10.1 Å². The van der Waals surface area contributed by atoms with Crippen LogP contribution in [0.5, 0.6) is 0 Å². The molecule has 0 radical (unpaired) electrons. The van der Waals surface area contributed by atoms with Crippen molar-refractivity contribution in [2.45, 2.75) is 18.2 Å². The minimum absolute atomic E-state index is 0.197. The van der Waals surface area contributed by atoms with Crippen molar-refractivity contribution in [2.75, 3.05) is 18.9 Å². The molecule has 2 aromatic carbocycles. The molecule has 4 nitrogen and oxygen atoms in total. The third-order valence-electron chi connectivity index (χ3n) is 3.38. The van der Waals surface area contributed by atoms with Crippen LogP contribution in [0.15, 0.2) is 59.5 Å². The largest absolute Gasteiger partial charge is 0.455 e. The lowest BCUT2D eigenvalue weighted by Gasteiger charge is -2.07. The first-order valence-electron chi connectivity index (χ1n) is 7.80. The van der Waals surface area contributed by atoms with Crippen LogP contribution in [0.4, 0.5) is 0 Å². The second-order valence-corrected chi connectivity index (χ2v) is 6.32. The summed E-state index contributed by atoms with van der Waals surface area (Å²) in [5.74, 6) is -0.469. The molecule has 0 unspecified atom stereocenters. The smallest absolute Gasteiger partial charge is 0.316 e. The fraction of sp³-hybridized carbons (Fsp3) is 0.263. The third-order valence-corrected chi connectivity index (χ3v) is 4.53. The molecule has 2 aromatic rings. The average Bonchev–Trinajstić information content (AvgIpc) is 2.60. The van der Waals surface area contributed by atoms with Gasteiger partial charge in [0, 0.05) is 11.4 Å². The molecule has 0 aliphatic heterocycles. The zero-order valence-electron chi connectivity index (χ0n) is 13.7. The van der Waals surface area contributed by atoms with Crippen LogP contribution in [0.3, 0.4) is 0 Å². The van der Waals surface area contributed by atoms with E-state index in [2.05, 4.69) is 5.32 Å². The second-order valence-electron chi connectivity index (χ2n) is 5.30. The number of hydrogen-bond donors (Lipinski definition) is 1. The van der Waals surface area contributed by atoms with Crippen LogP contribution in [0, 0.1) is 6.92 Å². The summed E-state index contributed by atoms with van der Waals surface area (Å²) in [4.78, 5) is 24.4. The van der Waals surface area contributed by atoms with Crippen molar-refractivity contribution in [3.05, 3.63) is 65.7 Å². The number of ether oxygens (including phenoxy) is 1. The average molecular weight is 343 g/mol. The van der Waals surface area contributed by atoms with Gasteiger partial charge in [-0.05, 0) is 30.5 Å². The third kappa shape index (κ3) is 6.46. The van der Waals surface area contributed by atoms with Crippen molar-refractivity contribution in [2.24, 2.45) is 0 Å². The van der Waals surface area contributed by atoms with Gasteiger partial charge >= 0.3 is 5.97 Å². The number of nitrogens with one attached hydrogen (secondary N) is 1. The Kier molecular flexibility index (Phi) is 7.36. The van der Waals surface area contributed by atoms with Crippen LogP contribution in [0.2, 0.25) is 0 Å². The molecular weight excluding hydrogens is 322 g/mol. The van der Waals surface area contributed by atoms with E-state index in [9.17, 15) is 9.59 Å². The molecule has 0 atom stereocenters. The van der Waals surface area contributed by atoms with Crippen LogP contribution >= 0.6 is 11.8 Å². The van der Waals surface area contributed by atoms with E-state index in [0.717, 1.165) is 22.4 Å². The minimum Gasteiger partial charge on any atom is -0.455 e. The molecule has 1 N–H and O–H groups in total. The van der Waals surface area contributed by atoms with Crippen LogP contribution in [0.1, 0.15) is 11.1 Å². The Morgan fingerprint density at radius 3 is 2.50 bits per heavy atom. The minimum atomic E-state index is -0.388. The maximum atomic E-state index is 11.7. The summed E-state index contributed by atoms with van der Waals surface area (Å²) >= 11 is 1.42. The molecular formula is C19H21NO3S. The zero-order chi connectivity index (χ0) is 17.2. The highest BCUT2D eigenvalue weighted by atomic mass is 32.2. The van der Waals surface area contributed by atoms with Gasteiger partial charge in [-0.1, -0.05) is 48.5 Å². The monoisotopic (exact) mass is 343 g/mol. The van der Waals surface area contributed by atoms with Gasteiger partial charge in [-0.15, -0.1) is 11.8 Å². The number of carbonyl (C=O) groups excluding carboxylic acids is 2. The van der Waals surface area contributed by atoms with E-state index in [1.165, 1.54) is 11.8 Å². The van der Waals surface area contributed by atoms with Crippen molar-refractivity contribution in [1.29, 1.82) is 0 Å². The molecule has 0 saturated carbocycles. The molecule has 1 amide bonds. The standard InChI is InChI=1S/C19H21NO3S/c1-15-7-5-6-10-17(15)24-14-19(22)23-13-18(21)20-12-11-16-8-3-2-4-9-16/h2-10H,11-14H2,1H3,(H,20,21). The van der Waals surface area contributed by atoms with Crippen molar-refractivity contribution >= 4 is 23.6 Å². The lowest BCUT2D eigenvalue weighted by molar-refractivity contribution is -0.145. The molecule has 0 spiro atoms. The van der Waals surface area contributed by atoms with Gasteiger partial charge in [-0.3, -0.25) is 9.59 Å². The highest BCUT2D eigenvalue weighted by Crippen LogP contribution is 2.21. The van der Waals surface area contributed by atoms with Gasteiger partial charge in [0.2, 0.25) is 0 Å². The summed E-state index contributed by atoms with van der Waals surface area (Å²) in [6.07, 6.45) is 0.754. The van der Waals surface area contributed by atoms with E-state index < -0.39 is 0 Å². The number of carbonyl (C=O) groups is 2. The van der Waals surface area contributed by atoms with E-state index in [4.69, 9.17) is 4.74 Å². The molecule has 0 saturated heterocycles. The summed E-state index contributed by atoms with van der Waals surface area (Å²) in [5, 5.41) is 2.75. The predicted molar refractivity (Wildman–Crippen MR) is 96.0 cm³/mol. The number of esters is 1. The molecule has 5 heteroatoms. The Bertz CT molecular complexity index is 673. The molecule has 126 valence electrons. The van der Waals surface area contributed by atoms with E-state index >= 15 is 0 Å². The van der Waals surface area contributed by atoms with Crippen LogP contribution < -0.4 is 5.32 Å². The van der Waals surface area contributed by atoms with Gasteiger partial charge in [0.05, 0.1) is 5.75 Å². The summed E-state index contributed by atoms with van der Waals surface area (Å²) in [7, 11) is 0. The number of aryl methyl sites for hydroxylation is 1. The van der Waals surface area contributed by atoms with Crippen molar-refractivity contribution < 1.29 is 14.3 Å². The first-order valence-corrected chi connectivity index (χ1v) is 8.78. The molecule has 0 heterocycles. The Balaban J connectivity index is 1.61. The number of benzene rings is 2. The van der Waals surface area contributed by atoms with Crippen LogP contribution in [-0.4, -0.2) is 30.8 Å². The van der Waals surface area contributed by atoms with Crippen molar-refractivity contribution in [3.8, 4) is 0 Å². The van der Waals surface area contributed by atoms with E-state index in [0.29, 0.717) is 6.54 Å². The molecule has 24 heavy (non-hydrogen) atoms. The first kappa shape index (κ1) is 18.1. The molecule has 0 aliphatic rings. The number of hydrogen-bond acceptors (Lipinski definition) is 4. The van der Waals surface area contributed by atoms with Gasteiger partial charge in [0.25, 0.3) is 5.91 Å². The maximum absolute atomic E-state index is 11.7. The summed E-state index contributed by atoms with van der Waals surface area (Å²) in [5.41, 5.74) is 2.28. The van der Waals surface area contributed by atoms with Gasteiger partial charge in [-0.25, -0.2) is 0 Å². The lowest BCUT2D eigenvalue weighted by Crippen LogP contribution is -2.30. The number of thioether (sulfide) groups is 1. The first-order chi connectivity index (χ1) is 11.6. The maximum Gasteiger partial charge on any atom is 0.316 e. The van der Waals surface area contributed by atoms with Crippen molar-refractivity contribution in [1.82, 2.24) is 5.32 Å². The molecule has 0 fully saturated rings. The highest BCUT2D eigenvalue weighted by Gasteiger charge is 2.08. The van der Waals surface area contributed by atoms with Gasteiger partial charge in [0.1, 0.15) is 0 Å². The highest BCUT2D eigenvalue weighted by molar-refractivity contribution is 8.00. The summed E-state index contributed by atoms with van der Waals surface area (Å²) in [6.45, 7) is 2.29. The van der Waals surface area contributed by atoms with Crippen molar-refractivity contribution in [3.63, 3.8) is 0 Å². The molecule has 0 bridgehead atoms. The van der Waals surface area contributed by atoms with E-state index in [1.54, 1.807) is 0 Å². The number of rotatable bonds is 8. The normalized spacial score (nSPS) is 10.2. The Labute approximate surface area is 146 Å². The Morgan fingerprint density at radius 2 is 1.75 bits per heavy atom. The fourth-order valence-corrected chi connectivity index (χ4v) is 2.91. The zero-order valence-corrected chi connectivity index (χ0v) is 14.5.